The lowest BCUT2D eigenvalue weighted by molar-refractivity contribution is -0.122. The van der Waals surface area contributed by atoms with E-state index in [1.54, 1.807) is 0 Å². The quantitative estimate of drug-likeness (QED) is 0.580. The summed E-state index contributed by atoms with van der Waals surface area (Å²) in [6.07, 6.45) is 11.5. The molecule has 0 radical (unpaired) electrons. The summed E-state index contributed by atoms with van der Waals surface area (Å²) < 4.78 is 0. The second-order valence-electron chi connectivity index (χ2n) is 5.72. The van der Waals surface area contributed by atoms with Gasteiger partial charge in [0.25, 0.3) is 0 Å². The first kappa shape index (κ1) is 16.4. The van der Waals surface area contributed by atoms with Gasteiger partial charge in [0.15, 0.2) is 0 Å². The molecule has 0 aromatic carbocycles. The predicted octanol–water partition coefficient (Wildman–Crippen LogP) is 3.45. The third-order valence-corrected chi connectivity index (χ3v) is 4.46. The molecule has 0 aliphatic heterocycles. The number of amides is 1. The Morgan fingerprint density at radius 2 is 1.74 bits per heavy atom. The van der Waals surface area contributed by atoms with Gasteiger partial charge in [-0.15, -0.1) is 0 Å². The minimum atomic E-state index is -0.418. The Bertz CT molecular complexity index is 297. The summed E-state index contributed by atoms with van der Waals surface area (Å²) >= 11 is 5.25. The molecule has 0 bridgehead atoms. The number of nitrogens with two attached hydrogens (primary N) is 1. The van der Waals surface area contributed by atoms with Gasteiger partial charge >= 0.3 is 0 Å². The Labute approximate surface area is 122 Å². The molecular weight excluding hydrogens is 256 g/mol. The summed E-state index contributed by atoms with van der Waals surface area (Å²) in [6, 6.07) is 0. The van der Waals surface area contributed by atoms with Gasteiger partial charge in [-0.3, -0.25) is 4.79 Å². The van der Waals surface area contributed by atoms with Crippen molar-refractivity contribution in [2.45, 2.75) is 83.1 Å². The van der Waals surface area contributed by atoms with Crippen LogP contribution >= 0.6 is 12.2 Å². The van der Waals surface area contributed by atoms with E-state index < -0.39 is 5.54 Å². The van der Waals surface area contributed by atoms with Crippen LogP contribution in [0.25, 0.3) is 0 Å². The maximum Gasteiger partial charge on any atom is 0.220 e. The van der Waals surface area contributed by atoms with Crippen LogP contribution < -0.4 is 11.1 Å². The third kappa shape index (κ3) is 5.47. The van der Waals surface area contributed by atoms with Crippen molar-refractivity contribution in [2.75, 3.05) is 0 Å². The van der Waals surface area contributed by atoms with E-state index in [-0.39, 0.29) is 5.91 Å². The van der Waals surface area contributed by atoms with Crippen molar-refractivity contribution in [3.05, 3.63) is 0 Å². The van der Waals surface area contributed by atoms with E-state index in [0.717, 1.165) is 44.9 Å². The van der Waals surface area contributed by atoms with Gasteiger partial charge in [0, 0.05) is 6.42 Å². The maximum atomic E-state index is 12.1. The lowest BCUT2D eigenvalue weighted by Gasteiger charge is -2.35. The van der Waals surface area contributed by atoms with E-state index in [9.17, 15) is 4.79 Å². The lowest BCUT2D eigenvalue weighted by Crippen LogP contribution is -2.56. The molecule has 1 fully saturated rings. The number of hydrogen-bond acceptors (Lipinski definition) is 2. The minimum Gasteiger partial charge on any atom is -0.391 e. The van der Waals surface area contributed by atoms with E-state index in [1.165, 1.54) is 19.3 Å². The first-order chi connectivity index (χ1) is 9.10. The standard InChI is InChI=1S/C15H28N2OS/c1-2-3-7-10-13(18)17-15(14(16)19)11-8-5-4-6-9-12-15/h2-12H2,1H3,(H2,16,19)(H,17,18). The SMILES string of the molecule is CCCCCC(=O)NC1(C(N)=S)CCCCCCC1. The van der Waals surface area contributed by atoms with Crippen LogP contribution in [0.15, 0.2) is 0 Å². The molecule has 0 unspecified atom stereocenters. The molecule has 4 heteroatoms. The molecule has 0 aromatic heterocycles. The molecule has 19 heavy (non-hydrogen) atoms. The molecule has 1 aliphatic carbocycles. The molecule has 1 aliphatic rings. The second-order valence-corrected chi connectivity index (χ2v) is 6.16. The first-order valence-electron chi connectivity index (χ1n) is 7.71. The number of nitrogens with one attached hydrogen (secondary N) is 1. The highest BCUT2D eigenvalue weighted by atomic mass is 32.1. The van der Waals surface area contributed by atoms with Gasteiger partial charge in [-0.25, -0.2) is 0 Å². The van der Waals surface area contributed by atoms with Crippen LogP contribution in [-0.2, 0) is 4.79 Å². The predicted molar refractivity (Wildman–Crippen MR) is 84.1 cm³/mol. The smallest absolute Gasteiger partial charge is 0.220 e. The Morgan fingerprint density at radius 3 is 2.26 bits per heavy atom. The van der Waals surface area contributed by atoms with Crippen molar-refractivity contribution in [3.63, 3.8) is 0 Å². The van der Waals surface area contributed by atoms with Gasteiger partial charge in [-0.1, -0.05) is 64.1 Å². The molecular formula is C15H28N2OS. The highest BCUT2D eigenvalue weighted by Crippen LogP contribution is 2.27. The average Bonchev–Trinajstić information content (AvgIpc) is 2.32. The molecule has 0 heterocycles. The van der Waals surface area contributed by atoms with E-state index in [4.69, 9.17) is 18.0 Å². The molecule has 1 amide bonds. The number of carbonyl (C=O) groups excluding carboxylic acids is 1. The van der Waals surface area contributed by atoms with Crippen LogP contribution in [0.4, 0.5) is 0 Å². The maximum absolute atomic E-state index is 12.1. The van der Waals surface area contributed by atoms with Crippen molar-refractivity contribution in [1.29, 1.82) is 0 Å². The molecule has 3 N–H and O–H groups in total. The molecule has 0 aromatic rings. The van der Waals surface area contributed by atoms with Crippen molar-refractivity contribution < 1.29 is 4.79 Å². The highest BCUT2D eigenvalue weighted by molar-refractivity contribution is 7.80. The van der Waals surface area contributed by atoms with Gasteiger partial charge in [0.05, 0.1) is 10.5 Å². The zero-order chi connectivity index (χ0) is 14.1. The molecule has 1 saturated carbocycles. The van der Waals surface area contributed by atoms with E-state index in [1.807, 2.05) is 0 Å². The molecule has 0 spiro atoms. The summed E-state index contributed by atoms with van der Waals surface area (Å²) in [5.74, 6) is 0.113. The summed E-state index contributed by atoms with van der Waals surface area (Å²) in [5, 5.41) is 3.15. The van der Waals surface area contributed by atoms with E-state index >= 15 is 0 Å². The second kappa shape index (κ2) is 8.51. The Kier molecular flexibility index (Phi) is 7.36. The van der Waals surface area contributed by atoms with Gasteiger partial charge in [-0.05, 0) is 19.3 Å². The zero-order valence-corrected chi connectivity index (χ0v) is 13.0. The number of thiocarbonyl (C=S) groups is 1. The zero-order valence-electron chi connectivity index (χ0n) is 12.2. The van der Waals surface area contributed by atoms with Crippen LogP contribution in [0.1, 0.15) is 77.6 Å². The Hall–Kier alpha value is -0.640. The number of unbranched alkanes of at least 4 members (excludes halogenated alkanes) is 2. The number of rotatable bonds is 6. The third-order valence-electron chi connectivity index (χ3n) is 4.06. The summed E-state index contributed by atoms with van der Waals surface area (Å²) in [7, 11) is 0. The van der Waals surface area contributed by atoms with E-state index in [0.29, 0.717) is 11.4 Å². The topological polar surface area (TPSA) is 55.1 Å². The van der Waals surface area contributed by atoms with Crippen LogP contribution in [0.2, 0.25) is 0 Å². The average molecular weight is 284 g/mol. The molecule has 3 nitrogen and oxygen atoms in total. The Balaban J connectivity index is 2.58. The van der Waals surface area contributed by atoms with Gasteiger partial charge in [0.2, 0.25) is 5.91 Å². The molecule has 110 valence electrons. The normalized spacial score (nSPS) is 19.2. The van der Waals surface area contributed by atoms with Gasteiger partial charge in [0.1, 0.15) is 0 Å². The molecule has 0 atom stereocenters. The van der Waals surface area contributed by atoms with Crippen molar-refractivity contribution in [1.82, 2.24) is 5.32 Å². The van der Waals surface area contributed by atoms with Crippen LogP contribution in [0.5, 0.6) is 0 Å². The van der Waals surface area contributed by atoms with E-state index in [2.05, 4.69) is 12.2 Å². The number of carbonyl (C=O) groups is 1. The summed E-state index contributed by atoms with van der Waals surface area (Å²) in [6.45, 7) is 2.14. The highest BCUT2D eigenvalue weighted by Gasteiger charge is 2.34. The monoisotopic (exact) mass is 284 g/mol. The molecule has 0 saturated heterocycles. The largest absolute Gasteiger partial charge is 0.391 e. The minimum absolute atomic E-state index is 0.113. The van der Waals surface area contributed by atoms with Crippen molar-refractivity contribution in [3.8, 4) is 0 Å². The van der Waals surface area contributed by atoms with Crippen LogP contribution in [0, 0.1) is 0 Å². The van der Waals surface area contributed by atoms with Crippen LogP contribution in [-0.4, -0.2) is 16.4 Å². The summed E-state index contributed by atoms with van der Waals surface area (Å²) in [5.41, 5.74) is 5.52. The molecule has 1 rings (SSSR count). The fourth-order valence-corrected chi connectivity index (χ4v) is 3.06. The lowest BCUT2D eigenvalue weighted by atomic mass is 9.83. The van der Waals surface area contributed by atoms with Crippen molar-refractivity contribution >= 4 is 23.1 Å². The number of hydrogen-bond donors (Lipinski definition) is 2. The van der Waals surface area contributed by atoms with Gasteiger partial charge in [-0.2, -0.15) is 0 Å². The van der Waals surface area contributed by atoms with Gasteiger partial charge < -0.3 is 11.1 Å². The Morgan fingerprint density at radius 1 is 1.16 bits per heavy atom. The fraction of sp³-hybridized carbons (Fsp3) is 0.867. The first-order valence-corrected chi connectivity index (χ1v) is 8.12. The summed E-state index contributed by atoms with van der Waals surface area (Å²) in [4.78, 5) is 12.5. The van der Waals surface area contributed by atoms with Crippen LogP contribution in [0.3, 0.4) is 0 Å². The van der Waals surface area contributed by atoms with Crippen molar-refractivity contribution in [2.24, 2.45) is 5.73 Å². The fourth-order valence-electron chi connectivity index (χ4n) is 2.81.